The van der Waals surface area contributed by atoms with Gasteiger partial charge < -0.3 is 9.88 Å². The van der Waals surface area contributed by atoms with Crippen LogP contribution in [0.3, 0.4) is 0 Å². The van der Waals surface area contributed by atoms with E-state index in [2.05, 4.69) is 47.6 Å². The lowest BCUT2D eigenvalue weighted by Gasteiger charge is -2.11. The maximum Gasteiger partial charge on any atom is 0.191 e. The molecule has 1 aromatic heterocycles. The van der Waals surface area contributed by atoms with E-state index >= 15 is 0 Å². The normalized spacial score (nSPS) is 11.0. The topological polar surface area (TPSA) is 42.7 Å². The number of halogens is 2. The van der Waals surface area contributed by atoms with Crippen molar-refractivity contribution in [2.24, 2.45) is 0 Å². The van der Waals surface area contributed by atoms with E-state index in [1.165, 1.54) is 29.0 Å². The van der Waals surface area contributed by atoms with Crippen LogP contribution in [0, 0.1) is 19.7 Å². The Kier molecular flexibility index (Phi) is 6.39. The maximum atomic E-state index is 14.0. The van der Waals surface area contributed by atoms with Crippen LogP contribution in [0.5, 0.6) is 0 Å². The summed E-state index contributed by atoms with van der Waals surface area (Å²) in [5.74, 6) is 0.961. The van der Waals surface area contributed by atoms with E-state index in [0.29, 0.717) is 22.9 Å². The first-order valence-electron chi connectivity index (χ1n) is 8.78. The lowest BCUT2D eigenvalue weighted by atomic mass is 10.1. The number of aryl methyl sites for hydroxylation is 2. The van der Waals surface area contributed by atoms with E-state index in [0.717, 1.165) is 23.2 Å². The molecule has 0 aliphatic rings. The molecule has 0 radical (unpaired) electrons. The summed E-state index contributed by atoms with van der Waals surface area (Å²) < 4.78 is 16.0. The maximum absolute atomic E-state index is 14.0. The smallest absolute Gasteiger partial charge is 0.191 e. The molecule has 3 rings (SSSR count). The number of thioether (sulfide) groups is 1. The van der Waals surface area contributed by atoms with Crippen molar-refractivity contribution in [2.45, 2.75) is 44.8 Å². The number of benzene rings is 2. The fraction of sp³-hybridized carbons (Fsp3) is 0.300. The molecular weight excluding hydrogens is 383 g/mol. The predicted molar refractivity (Wildman–Crippen MR) is 110 cm³/mol. The van der Waals surface area contributed by atoms with Crippen LogP contribution in [0.1, 0.15) is 29.4 Å². The van der Waals surface area contributed by atoms with Gasteiger partial charge in [-0.05, 0) is 44.5 Å². The third kappa shape index (κ3) is 4.62. The summed E-state index contributed by atoms with van der Waals surface area (Å²) in [6.07, 6.45) is 0. The second kappa shape index (κ2) is 8.76. The highest BCUT2D eigenvalue weighted by molar-refractivity contribution is 7.98. The summed E-state index contributed by atoms with van der Waals surface area (Å²) in [4.78, 5) is 0. The zero-order valence-electron chi connectivity index (χ0n) is 15.6. The fourth-order valence-corrected chi connectivity index (χ4v) is 4.23. The second-order valence-corrected chi connectivity index (χ2v) is 7.65. The molecule has 27 heavy (non-hydrogen) atoms. The van der Waals surface area contributed by atoms with Gasteiger partial charge in [-0.1, -0.05) is 47.1 Å². The second-order valence-electron chi connectivity index (χ2n) is 6.30. The molecule has 0 aliphatic carbocycles. The van der Waals surface area contributed by atoms with E-state index < -0.39 is 0 Å². The van der Waals surface area contributed by atoms with Crippen LogP contribution in [0.15, 0.2) is 41.6 Å². The van der Waals surface area contributed by atoms with Gasteiger partial charge in [-0.15, -0.1) is 10.2 Å². The molecule has 0 spiro atoms. The van der Waals surface area contributed by atoms with Crippen LogP contribution in [0.25, 0.3) is 0 Å². The molecule has 0 fully saturated rings. The Balaban J connectivity index is 1.71. The first kappa shape index (κ1) is 19.7. The Hall–Kier alpha value is -2.05. The molecular formula is C20H22ClFN4S. The summed E-state index contributed by atoms with van der Waals surface area (Å²) in [7, 11) is 0. The molecule has 142 valence electrons. The van der Waals surface area contributed by atoms with Gasteiger partial charge in [0.25, 0.3) is 0 Å². The van der Waals surface area contributed by atoms with Crippen molar-refractivity contribution >= 4 is 29.1 Å². The summed E-state index contributed by atoms with van der Waals surface area (Å²) in [5, 5.41) is 13.2. The largest absolute Gasteiger partial charge is 0.378 e. The highest BCUT2D eigenvalue weighted by Gasteiger charge is 2.14. The zero-order valence-corrected chi connectivity index (χ0v) is 17.2. The summed E-state index contributed by atoms with van der Waals surface area (Å²) in [6.45, 7) is 7.52. The molecule has 2 aromatic carbocycles. The van der Waals surface area contributed by atoms with Crippen LogP contribution >= 0.6 is 23.4 Å². The van der Waals surface area contributed by atoms with Crippen molar-refractivity contribution in [1.82, 2.24) is 14.8 Å². The Morgan fingerprint density at radius 2 is 2.00 bits per heavy atom. The Morgan fingerprint density at radius 3 is 2.70 bits per heavy atom. The number of nitrogens with one attached hydrogen (secondary N) is 1. The lowest BCUT2D eigenvalue weighted by Crippen LogP contribution is -2.09. The number of rotatable bonds is 7. The minimum Gasteiger partial charge on any atom is -0.378 e. The quantitative estimate of drug-likeness (QED) is 0.519. The van der Waals surface area contributed by atoms with Crippen molar-refractivity contribution in [2.75, 3.05) is 5.32 Å². The van der Waals surface area contributed by atoms with Gasteiger partial charge in [0.2, 0.25) is 0 Å². The van der Waals surface area contributed by atoms with Crippen molar-refractivity contribution in [3.05, 3.63) is 69.8 Å². The summed E-state index contributed by atoms with van der Waals surface area (Å²) in [6, 6.07) is 11.0. The van der Waals surface area contributed by atoms with E-state index in [-0.39, 0.29) is 5.82 Å². The van der Waals surface area contributed by atoms with Gasteiger partial charge in [0.1, 0.15) is 5.82 Å². The minimum atomic E-state index is -0.297. The van der Waals surface area contributed by atoms with Crippen molar-refractivity contribution in [3.8, 4) is 0 Å². The molecule has 1 heterocycles. The first-order chi connectivity index (χ1) is 13.0. The Morgan fingerprint density at radius 1 is 1.19 bits per heavy atom. The molecule has 3 aromatic rings. The standard InChI is InChI=1S/C20H22ClFN4S/c1-4-26-19(11-23-18-9-8-13(2)10-14(18)3)24-25-20(26)27-12-15-16(21)6-5-7-17(15)22/h5-10,23H,4,11-12H2,1-3H3. The van der Waals surface area contributed by atoms with Crippen LogP contribution in [-0.4, -0.2) is 14.8 Å². The van der Waals surface area contributed by atoms with Crippen LogP contribution in [0.4, 0.5) is 10.1 Å². The van der Waals surface area contributed by atoms with Gasteiger partial charge in [0, 0.05) is 28.6 Å². The van der Waals surface area contributed by atoms with E-state index in [1.807, 2.05) is 11.5 Å². The number of nitrogens with zero attached hydrogens (tertiary/aromatic N) is 3. The molecule has 1 N–H and O–H groups in total. The summed E-state index contributed by atoms with van der Waals surface area (Å²) >= 11 is 7.55. The predicted octanol–water partition coefficient (Wildman–Crippen LogP) is 5.61. The van der Waals surface area contributed by atoms with Gasteiger partial charge in [-0.3, -0.25) is 0 Å². The van der Waals surface area contributed by atoms with Crippen LogP contribution < -0.4 is 5.32 Å². The highest BCUT2D eigenvalue weighted by Crippen LogP contribution is 2.28. The summed E-state index contributed by atoms with van der Waals surface area (Å²) in [5.41, 5.74) is 4.00. The van der Waals surface area contributed by atoms with Gasteiger partial charge in [-0.2, -0.15) is 0 Å². The Labute approximate surface area is 168 Å². The van der Waals surface area contributed by atoms with E-state index in [9.17, 15) is 4.39 Å². The lowest BCUT2D eigenvalue weighted by molar-refractivity contribution is 0.617. The minimum absolute atomic E-state index is 0.297. The number of hydrogen-bond acceptors (Lipinski definition) is 4. The van der Waals surface area contributed by atoms with Crippen molar-refractivity contribution in [3.63, 3.8) is 0 Å². The number of anilines is 1. The van der Waals surface area contributed by atoms with E-state index in [1.54, 1.807) is 12.1 Å². The van der Waals surface area contributed by atoms with Crippen LogP contribution in [-0.2, 0) is 18.8 Å². The monoisotopic (exact) mass is 404 g/mol. The first-order valence-corrected chi connectivity index (χ1v) is 10.1. The molecule has 0 saturated carbocycles. The molecule has 0 bridgehead atoms. The van der Waals surface area contributed by atoms with Crippen molar-refractivity contribution in [1.29, 1.82) is 0 Å². The molecule has 0 atom stereocenters. The molecule has 0 saturated heterocycles. The fourth-order valence-electron chi connectivity index (χ4n) is 2.87. The average molecular weight is 405 g/mol. The van der Waals surface area contributed by atoms with Gasteiger partial charge >= 0.3 is 0 Å². The van der Waals surface area contributed by atoms with Gasteiger partial charge in [0.05, 0.1) is 6.54 Å². The Bertz CT molecular complexity index is 921. The molecule has 4 nitrogen and oxygen atoms in total. The third-order valence-electron chi connectivity index (χ3n) is 4.34. The third-order valence-corrected chi connectivity index (χ3v) is 5.68. The average Bonchev–Trinajstić information content (AvgIpc) is 3.02. The van der Waals surface area contributed by atoms with Crippen molar-refractivity contribution < 1.29 is 4.39 Å². The number of aromatic nitrogens is 3. The molecule has 7 heteroatoms. The van der Waals surface area contributed by atoms with Gasteiger partial charge in [0.15, 0.2) is 11.0 Å². The SMILES string of the molecule is CCn1c(CNc2ccc(C)cc2C)nnc1SCc1c(F)cccc1Cl. The molecule has 0 amide bonds. The molecule has 0 aliphatic heterocycles. The van der Waals surface area contributed by atoms with Gasteiger partial charge in [-0.25, -0.2) is 4.39 Å². The van der Waals surface area contributed by atoms with Crippen LogP contribution in [0.2, 0.25) is 5.02 Å². The molecule has 0 unspecified atom stereocenters. The number of hydrogen-bond donors (Lipinski definition) is 1. The zero-order chi connectivity index (χ0) is 19.4. The van der Waals surface area contributed by atoms with E-state index in [4.69, 9.17) is 11.6 Å². The highest BCUT2D eigenvalue weighted by atomic mass is 35.5.